The molecule has 0 bridgehead atoms. The predicted octanol–water partition coefficient (Wildman–Crippen LogP) is 3.92. The van der Waals surface area contributed by atoms with Crippen LogP contribution in [0.25, 0.3) is 21.9 Å². The number of anilines is 2. The molecule has 120 valence electrons. The number of nitrogens with zero attached hydrogens (tertiary/aromatic N) is 1. The van der Waals surface area contributed by atoms with E-state index < -0.39 is 0 Å². The van der Waals surface area contributed by atoms with Gasteiger partial charge >= 0.3 is 0 Å². The van der Waals surface area contributed by atoms with Gasteiger partial charge in [-0.25, -0.2) is 4.98 Å². The monoisotopic (exact) mass is 318 g/mol. The lowest BCUT2D eigenvalue weighted by atomic mass is 10.1. The lowest BCUT2D eigenvalue weighted by Crippen LogP contribution is -2.00. The molecule has 0 fully saturated rings. The highest BCUT2D eigenvalue weighted by atomic mass is 16.5. The summed E-state index contributed by atoms with van der Waals surface area (Å²) in [6.45, 7) is 0.700. The molecule has 4 rings (SSSR count). The maximum absolute atomic E-state index is 5.95. The van der Waals surface area contributed by atoms with Crippen LogP contribution in [0, 0.1) is 0 Å². The first kappa shape index (κ1) is 14.4. The van der Waals surface area contributed by atoms with E-state index in [4.69, 9.17) is 10.5 Å². The van der Waals surface area contributed by atoms with Crippen molar-refractivity contribution < 1.29 is 4.74 Å². The summed E-state index contributed by atoms with van der Waals surface area (Å²) in [5, 5.41) is 5.63. The summed E-state index contributed by atoms with van der Waals surface area (Å²) in [7, 11) is 1.68. The number of hydrogen-bond acceptors (Lipinski definition) is 4. The summed E-state index contributed by atoms with van der Waals surface area (Å²) in [4.78, 5) is 7.77. The number of hydrogen-bond donors (Lipinski definition) is 3. The zero-order chi connectivity index (χ0) is 16.5. The molecule has 0 amide bonds. The summed E-state index contributed by atoms with van der Waals surface area (Å²) in [6.07, 6.45) is 1.80. The molecule has 5 heteroatoms. The van der Waals surface area contributed by atoms with Crippen molar-refractivity contribution in [3.05, 3.63) is 60.3 Å². The van der Waals surface area contributed by atoms with E-state index in [0.29, 0.717) is 6.54 Å². The Kier molecular flexibility index (Phi) is 3.46. The highest BCUT2D eigenvalue weighted by Gasteiger charge is 2.10. The minimum Gasteiger partial charge on any atom is -0.497 e. The van der Waals surface area contributed by atoms with E-state index in [1.165, 1.54) is 0 Å². The van der Waals surface area contributed by atoms with Crippen molar-refractivity contribution >= 4 is 33.3 Å². The first-order valence-electron chi connectivity index (χ1n) is 7.77. The molecule has 0 saturated heterocycles. The highest BCUT2D eigenvalue weighted by Crippen LogP contribution is 2.31. The van der Waals surface area contributed by atoms with Gasteiger partial charge in [0.2, 0.25) is 0 Å². The molecule has 0 radical (unpaired) electrons. The van der Waals surface area contributed by atoms with Gasteiger partial charge in [-0.05, 0) is 42.0 Å². The van der Waals surface area contributed by atoms with Crippen molar-refractivity contribution in [1.82, 2.24) is 9.97 Å². The predicted molar refractivity (Wildman–Crippen MR) is 98.3 cm³/mol. The minimum absolute atomic E-state index is 0.700. The third-order valence-electron chi connectivity index (χ3n) is 4.13. The van der Waals surface area contributed by atoms with E-state index in [1.807, 2.05) is 42.5 Å². The molecule has 2 aromatic carbocycles. The number of nitrogen functional groups attached to an aromatic ring is 1. The molecule has 0 spiro atoms. The van der Waals surface area contributed by atoms with Crippen LogP contribution in [0.1, 0.15) is 5.56 Å². The van der Waals surface area contributed by atoms with E-state index in [0.717, 1.165) is 44.6 Å². The number of pyridine rings is 1. The number of benzene rings is 2. The Bertz CT molecular complexity index is 1020. The van der Waals surface area contributed by atoms with Crippen molar-refractivity contribution in [3.63, 3.8) is 0 Å². The van der Waals surface area contributed by atoms with E-state index in [2.05, 4.69) is 21.4 Å². The molecule has 0 atom stereocenters. The maximum atomic E-state index is 5.95. The van der Waals surface area contributed by atoms with Gasteiger partial charge in [0.1, 0.15) is 11.4 Å². The molecule has 0 saturated carbocycles. The molecule has 0 aliphatic rings. The topological polar surface area (TPSA) is 76.0 Å². The third-order valence-corrected chi connectivity index (χ3v) is 4.13. The zero-order valence-electron chi connectivity index (χ0n) is 13.3. The third kappa shape index (κ3) is 2.50. The normalized spacial score (nSPS) is 11.0. The van der Waals surface area contributed by atoms with Crippen LogP contribution in [0.2, 0.25) is 0 Å². The number of rotatable bonds is 4. The Morgan fingerprint density at radius 2 is 2.08 bits per heavy atom. The van der Waals surface area contributed by atoms with Crippen molar-refractivity contribution in [2.45, 2.75) is 6.54 Å². The molecular weight excluding hydrogens is 300 g/mol. The van der Waals surface area contributed by atoms with Gasteiger partial charge in [0.15, 0.2) is 0 Å². The van der Waals surface area contributed by atoms with Gasteiger partial charge in [0, 0.05) is 40.4 Å². The van der Waals surface area contributed by atoms with Crippen LogP contribution in [0.15, 0.2) is 54.7 Å². The van der Waals surface area contributed by atoms with Gasteiger partial charge in [0.25, 0.3) is 0 Å². The van der Waals surface area contributed by atoms with Crippen LogP contribution in [0.3, 0.4) is 0 Å². The first-order valence-corrected chi connectivity index (χ1v) is 7.77. The van der Waals surface area contributed by atoms with Crippen LogP contribution in [-0.4, -0.2) is 17.1 Å². The number of nitrogens with one attached hydrogen (secondary N) is 2. The van der Waals surface area contributed by atoms with E-state index in [-0.39, 0.29) is 0 Å². The molecular formula is C19H18N4O. The summed E-state index contributed by atoms with van der Waals surface area (Å²) in [5.74, 6) is 0.856. The van der Waals surface area contributed by atoms with Gasteiger partial charge < -0.3 is 20.8 Å². The molecule has 24 heavy (non-hydrogen) atoms. The highest BCUT2D eigenvalue weighted by molar-refractivity contribution is 6.12. The average molecular weight is 318 g/mol. The fourth-order valence-electron chi connectivity index (χ4n) is 2.96. The van der Waals surface area contributed by atoms with Crippen LogP contribution in [-0.2, 0) is 6.54 Å². The lowest BCUT2D eigenvalue weighted by Gasteiger charge is -2.09. The van der Waals surface area contributed by atoms with E-state index in [1.54, 1.807) is 13.3 Å². The number of fused-ring (bicyclic) bond motifs is 3. The van der Waals surface area contributed by atoms with Crippen molar-refractivity contribution in [3.8, 4) is 5.75 Å². The summed E-state index contributed by atoms with van der Waals surface area (Å²) in [5.41, 5.74) is 10.8. The van der Waals surface area contributed by atoms with Gasteiger partial charge in [0.05, 0.1) is 7.11 Å². The van der Waals surface area contributed by atoms with Gasteiger partial charge in [-0.1, -0.05) is 12.1 Å². The maximum Gasteiger partial charge on any atom is 0.140 e. The largest absolute Gasteiger partial charge is 0.497 e. The number of methoxy groups -OCH3 is 1. The summed E-state index contributed by atoms with van der Waals surface area (Å²) < 4.78 is 5.28. The lowest BCUT2D eigenvalue weighted by molar-refractivity contribution is 0.414. The molecule has 0 aliphatic heterocycles. The number of nitrogens with two attached hydrogens (primary N) is 1. The number of aromatic nitrogens is 2. The molecule has 4 N–H and O–H groups in total. The number of ether oxygens (including phenoxy) is 1. The first-order chi connectivity index (χ1) is 11.7. The smallest absolute Gasteiger partial charge is 0.140 e. The van der Waals surface area contributed by atoms with E-state index in [9.17, 15) is 0 Å². The van der Waals surface area contributed by atoms with Crippen LogP contribution < -0.4 is 15.8 Å². The number of H-pyrrole nitrogens is 1. The Hall–Kier alpha value is -3.21. The molecule has 5 nitrogen and oxygen atoms in total. The fourth-order valence-corrected chi connectivity index (χ4v) is 2.96. The Labute approximate surface area is 139 Å². The van der Waals surface area contributed by atoms with Crippen LogP contribution in [0.5, 0.6) is 5.75 Å². The van der Waals surface area contributed by atoms with Crippen molar-refractivity contribution in [1.29, 1.82) is 0 Å². The summed E-state index contributed by atoms with van der Waals surface area (Å²) in [6, 6.07) is 15.9. The molecule has 2 heterocycles. The molecule has 0 unspecified atom stereocenters. The van der Waals surface area contributed by atoms with Crippen LogP contribution in [0.4, 0.5) is 11.4 Å². The van der Waals surface area contributed by atoms with Crippen molar-refractivity contribution in [2.24, 2.45) is 0 Å². The molecule has 4 aromatic rings. The Morgan fingerprint density at radius 1 is 1.17 bits per heavy atom. The second-order valence-electron chi connectivity index (χ2n) is 5.72. The van der Waals surface area contributed by atoms with Gasteiger partial charge in [-0.15, -0.1) is 0 Å². The van der Waals surface area contributed by atoms with E-state index >= 15 is 0 Å². The second kappa shape index (κ2) is 5.77. The summed E-state index contributed by atoms with van der Waals surface area (Å²) >= 11 is 0. The average Bonchev–Trinajstić information content (AvgIpc) is 2.98. The number of aromatic amines is 1. The second-order valence-corrected chi connectivity index (χ2v) is 5.72. The molecule has 2 aromatic heterocycles. The quantitative estimate of drug-likeness (QED) is 0.499. The minimum atomic E-state index is 0.700. The van der Waals surface area contributed by atoms with Gasteiger partial charge in [-0.3, -0.25) is 0 Å². The Morgan fingerprint density at radius 3 is 2.96 bits per heavy atom. The SMILES string of the molecule is COc1cccc(CNc2ccnc3[nH]c4ccc(N)cc4c23)c1. The molecule has 0 aliphatic carbocycles. The van der Waals surface area contributed by atoms with Gasteiger partial charge in [-0.2, -0.15) is 0 Å². The zero-order valence-corrected chi connectivity index (χ0v) is 13.3. The van der Waals surface area contributed by atoms with Crippen LogP contribution >= 0.6 is 0 Å². The van der Waals surface area contributed by atoms with Crippen molar-refractivity contribution in [2.75, 3.05) is 18.2 Å². The standard InChI is InChI=1S/C19H18N4O/c1-24-14-4-2-3-12(9-14)11-22-17-7-8-21-19-18(17)15-10-13(20)5-6-16(15)23-19/h2-10H,11,20H2,1H3,(H2,21,22,23). The fraction of sp³-hybridized carbons (Fsp3) is 0.105. The Balaban J connectivity index is 1.73.